The number of benzene rings is 1. The fourth-order valence-electron chi connectivity index (χ4n) is 2.06. The Balaban J connectivity index is 2.38. The molecule has 3 N–H and O–H groups in total. The summed E-state index contributed by atoms with van der Waals surface area (Å²) in [4.78, 5) is 0.264. The Labute approximate surface area is 122 Å². The molecule has 114 valence electrons. The highest BCUT2D eigenvalue weighted by atomic mass is 32.2. The molecule has 0 saturated heterocycles. The average molecular weight is 298 g/mol. The van der Waals surface area contributed by atoms with Crippen molar-refractivity contribution in [3.05, 3.63) is 18.2 Å². The number of hydrogen-bond acceptors (Lipinski definition) is 4. The number of nitrogens with one attached hydrogen (secondary N) is 1. The molecular formula is C15H26N2O2S. The summed E-state index contributed by atoms with van der Waals surface area (Å²) in [5.41, 5.74) is 7.17. The van der Waals surface area contributed by atoms with E-state index in [0.717, 1.165) is 18.7 Å². The van der Waals surface area contributed by atoms with Gasteiger partial charge in [0.2, 0.25) is 0 Å². The lowest BCUT2D eigenvalue weighted by molar-refractivity contribution is 0.602. The highest BCUT2D eigenvalue weighted by Gasteiger charge is 2.09. The Morgan fingerprint density at radius 3 is 2.35 bits per heavy atom. The first kappa shape index (κ1) is 16.8. The lowest BCUT2D eigenvalue weighted by atomic mass is 10.1. The zero-order chi connectivity index (χ0) is 15.0. The Kier molecular flexibility index (Phi) is 6.85. The third-order valence-electron chi connectivity index (χ3n) is 3.30. The summed E-state index contributed by atoms with van der Waals surface area (Å²) in [5, 5.41) is 3.26. The normalized spacial score (nSPS) is 11.5. The van der Waals surface area contributed by atoms with Gasteiger partial charge in [-0.3, -0.25) is 0 Å². The average Bonchev–Trinajstić information content (AvgIpc) is 2.38. The zero-order valence-electron chi connectivity index (χ0n) is 12.5. The van der Waals surface area contributed by atoms with E-state index in [-0.39, 0.29) is 4.90 Å². The van der Waals surface area contributed by atoms with Crippen LogP contribution in [0.2, 0.25) is 0 Å². The fraction of sp³-hybridized carbons (Fsp3) is 0.600. The first-order valence-electron chi connectivity index (χ1n) is 7.28. The number of nitrogens with two attached hydrogens (primary N) is 1. The standard InChI is InChI=1S/C15H26N2O2S/c1-3-4-5-6-7-8-11-17-15-10-9-13(12-14(15)16)20(2,18)19/h9-10,12,17H,3-8,11,16H2,1-2H3. The molecule has 0 radical (unpaired) electrons. The molecule has 0 aromatic heterocycles. The van der Waals surface area contributed by atoms with Crippen LogP contribution >= 0.6 is 0 Å². The van der Waals surface area contributed by atoms with Gasteiger partial charge in [0.25, 0.3) is 0 Å². The van der Waals surface area contributed by atoms with E-state index in [1.165, 1.54) is 44.4 Å². The van der Waals surface area contributed by atoms with Crippen LogP contribution in [0.25, 0.3) is 0 Å². The summed E-state index contributed by atoms with van der Waals surface area (Å²) in [6.07, 6.45) is 8.67. The lowest BCUT2D eigenvalue weighted by Gasteiger charge is -2.10. The first-order valence-corrected chi connectivity index (χ1v) is 9.17. The molecule has 1 rings (SSSR count). The molecular weight excluding hydrogens is 272 g/mol. The number of anilines is 2. The van der Waals surface area contributed by atoms with E-state index < -0.39 is 9.84 Å². The van der Waals surface area contributed by atoms with Gasteiger partial charge in [0.1, 0.15) is 0 Å². The molecule has 0 spiro atoms. The molecule has 5 heteroatoms. The van der Waals surface area contributed by atoms with E-state index in [0.29, 0.717) is 5.69 Å². The Bertz CT molecular complexity index is 513. The van der Waals surface area contributed by atoms with Gasteiger partial charge >= 0.3 is 0 Å². The van der Waals surface area contributed by atoms with Gasteiger partial charge in [0, 0.05) is 12.8 Å². The van der Waals surface area contributed by atoms with Crippen LogP contribution in [-0.4, -0.2) is 21.2 Å². The molecule has 0 heterocycles. The minimum atomic E-state index is -3.19. The summed E-state index contributed by atoms with van der Waals surface area (Å²) in [5.74, 6) is 0. The van der Waals surface area contributed by atoms with Crippen molar-refractivity contribution in [1.82, 2.24) is 0 Å². The Morgan fingerprint density at radius 1 is 1.10 bits per heavy atom. The molecule has 0 aliphatic carbocycles. The number of rotatable bonds is 9. The molecule has 0 atom stereocenters. The maximum atomic E-state index is 11.4. The van der Waals surface area contributed by atoms with E-state index in [1.807, 2.05) is 0 Å². The molecule has 20 heavy (non-hydrogen) atoms. The summed E-state index contributed by atoms with van der Waals surface area (Å²) < 4.78 is 22.8. The van der Waals surface area contributed by atoms with Gasteiger partial charge in [-0.1, -0.05) is 39.0 Å². The number of unbranched alkanes of at least 4 members (excludes halogenated alkanes) is 5. The van der Waals surface area contributed by atoms with Crippen molar-refractivity contribution in [2.24, 2.45) is 0 Å². The van der Waals surface area contributed by atoms with Crippen LogP contribution in [0, 0.1) is 0 Å². The minimum Gasteiger partial charge on any atom is -0.397 e. The quantitative estimate of drug-likeness (QED) is 0.541. The van der Waals surface area contributed by atoms with E-state index in [2.05, 4.69) is 12.2 Å². The van der Waals surface area contributed by atoms with Crippen LogP contribution in [0.3, 0.4) is 0 Å². The molecule has 0 amide bonds. The van der Waals surface area contributed by atoms with Crippen LogP contribution in [0.4, 0.5) is 11.4 Å². The fourth-order valence-corrected chi connectivity index (χ4v) is 2.72. The van der Waals surface area contributed by atoms with Gasteiger partial charge in [0.05, 0.1) is 16.3 Å². The van der Waals surface area contributed by atoms with E-state index >= 15 is 0 Å². The zero-order valence-corrected chi connectivity index (χ0v) is 13.3. The third-order valence-corrected chi connectivity index (χ3v) is 4.41. The van der Waals surface area contributed by atoms with Crippen molar-refractivity contribution >= 4 is 21.2 Å². The third kappa shape index (κ3) is 5.82. The first-order chi connectivity index (χ1) is 9.45. The largest absolute Gasteiger partial charge is 0.397 e. The van der Waals surface area contributed by atoms with Crippen LogP contribution < -0.4 is 11.1 Å². The second-order valence-corrected chi connectivity index (χ2v) is 7.23. The second-order valence-electron chi connectivity index (χ2n) is 5.22. The maximum Gasteiger partial charge on any atom is 0.175 e. The topological polar surface area (TPSA) is 72.2 Å². The van der Waals surface area contributed by atoms with Gasteiger partial charge in [-0.25, -0.2) is 8.42 Å². The molecule has 0 bridgehead atoms. The molecule has 1 aromatic carbocycles. The van der Waals surface area contributed by atoms with Crippen LogP contribution in [0.5, 0.6) is 0 Å². The SMILES string of the molecule is CCCCCCCCNc1ccc(S(C)(=O)=O)cc1N. The molecule has 1 aromatic rings. The monoisotopic (exact) mass is 298 g/mol. The van der Waals surface area contributed by atoms with E-state index in [9.17, 15) is 8.42 Å². The van der Waals surface area contributed by atoms with Crippen LogP contribution in [0.1, 0.15) is 45.4 Å². The van der Waals surface area contributed by atoms with E-state index in [4.69, 9.17) is 5.73 Å². The molecule has 0 aliphatic heterocycles. The van der Waals surface area contributed by atoms with Crippen LogP contribution in [0.15, 0.2) is 23.1 Å². The van der Waals surface area contributed by atoms with Crippen molar-refractivity contribution in [2.45, 2.75) is 50.3 Å². The maximum absolute atomic E-state index is 11.4. The highest BCUT2D eigenvalue weighted by molar-refractivity contribution is 7.90. The van der Waals surface area contributed by atoms with Gasteiger partial charge in [0.15, 0.2) is 9.84 Å². The molecule has 4 nitrogen and oxygen atoms in total. The summed E-state index contributed by atoms with van der Waals surface area (Å²) in [7, 11) is -3.19. The molecule has 0 unspecified atom stereocenters. The Morgan fingerprint density at radius 2 is 1.75 bits per heavy atom. The van der Waals surface area contributed by atoms with E-state index in [1.54, 1.807) is 12.1 Å². The van der Waals surface area contributed by atoms with Gasteiger partial charge < -0.3 is 11.1 Å². The van der Waals surface area contributed by atoms with Crippen molar-refractivity contribution < 1.29 is 8.42 Å². The second kappa shape index (κ2) is 8.15. The predicted octanol–water partition coefficient (Wildman–Crippen LogP) is 3.44. The van der Waals surface area contributed by atoms with Crippen molar-refractivity contribution in [2.75, 3.05) is 23.9 Å². The minimum absolute atomic E-state index is 0.264. The molecule has 0 aliphatic rings. The lowest BCUT2D eigenvalue weighted by Crippen LogP contribution is -2.06. The summed E-state index contributed by atoms with van der Waals surface area (Å²) in [6.45, 7) is 3.08. The van der Waals surface area contributed by atoms with Gasteiger partial charge in [-0.15, -0.1) is 0 Å². The summed E-state index contributed by atoms with van der Waals surface area (Å²) in [6, 6.07) is 4.84. The van der Waals surface area contributed by atoms with Crippen LogP contribution in [-0.2, 0) is 9.84 Å². The highest BCUT2D eigenvalue weighted by Crippen LogP contribution is 2.22. The van der Waals surface area contributed by atoms with Gasteiger partial charge in [-0.05, 0) is 24.6 Å². The van der Waals surface area contributed by atoms with Crippen molar-refractivity contribution in [1.29, 1.82) is 0 Å². The van der Waals surface area contributed by atoms with Gasteiger partial charge in [-0.2, -0.15) is 0 Å². The molecule has 0 fully saturated rings. The van der Waals surface area contributed by atoms with Crippen molar-refractivity contribution in [3.63, 3.8) is 0 Å². The number of sulfone groups is 1. The smallest absolute Gasteiger partial charge is 0.175 e. The Hall–Kier alpha value is -1.23. The molecule has 0 saturated carbocycles. The number of hydrogen-bond donors (Lipinski definition) is 2. The summed E-state index contributed by atoms with van der Waals surface area (Å²) >= 11 is 0. The van der Waals surface area contributed by atoms with Crippen molar-refractivity contribution in [3.8, 4) is 0 Å². The number of nitrogen functional groups attached to an aromatic ring is 1. The predicted molar refractivity (Wildman–Crippen MR) is 85.8 cm³/mol.